The van der Waals surface area contributed by atoms with Gasteiger partial charge in [0.05, 0.1) is 0 Å². The van der Waals surface area contributed by atoms with Gasteiger partial charge in [-0.25, -0.2) is 9.18 Å². The van der Waals surface area contributed by atoms with Crippen molar-refractivity contribution in [3.63, 3.8) is 0 Å². The molecular formula is C15H11FO5. The number of hydrogen-bond donors (Lipinski definition) is 2. The maximum Gasteiger partial charge on any atom is 0.342 e. The van der Waals surface area contributed by atoms with Crippen LogP contribution in [0.15, 0.2) is 42.5 Å². The van der Waals surface area contributed by atoms with Gasteiger partial charge in [0.1, 0.15) is 22.9 Å². The van der Waals surface area contributed by atoms with Gasteiger partial charge in [0.2, 0.25) is 0 Å². The molecule has 0 unspecified atom stereocenters. The highest BCUT2D eigenvalue weighted by Gasteiger charge is 2.15. The van der Waals surface area contributed by atoms with Crippen molar-refractivity contribution in [1.82, 2.24) is 0 Å². The first-order valence-corrected chi connectivity index (χ1v) is 5.95. The molecule has 2 aromatic carbocycles. The zero-order valence-electron chi connectivity index (χ0n) is 10.7. The lowest BCUT2D eigenvalue weighted by molar-refractivity contribution is 0.0471. The van der Waals surface area contributed by atoms with Crippen molar-refractivity contribution in [3.05, 3.63) is 59.4 Å². The van der Waals surface area contributed by atoms with Gasteiger partial charge in [-0.3, -0.25) is 4.79 Å². The van der Waals surface area contributed by atoms with Crippen LogP contribution in [0.1, 0.15) is 20.7 Å². The molecule has 21 heavy (non-hydrogen) atoms. The van der Waals surface area contributed by atoms with Crippen LogP contribution in [-0.4, -0.2) is 28.6 Å². The van der Waals surface area contributed by atoms with E-state index in [2.05, 4.69) is 0 Å². The summed E-state index contributed by atoms with van der Waals surface area (Å²) in [5.74, 6) is -2.53. The minimum Gasteiger partial charge on any atom is -0.508 e. The summed E-state index contributed by atoms with van der Waals surface area (Å²) < 4.78 is 17.5. The van der Waals surface area contributed by atoms with Gasteiger partial charge in [0.25, 0.3) is 0 Å². The average molecular weight is 290 g/mol. The van der Waals surface area contributed by atoms with E-state index < -0.39 is 29.9 Å². The number of esters is 1. The van der Waals surface area contributed by atoms with Crippen LogP contribution in [0.2, 0.25) is 0 Å². The first-order chi connectivity index (χ1) is 9.97. The second kappa shape index (κ2) is 6.04. The largest absolute Gasteiger partial charge is 0.508 e. The van der Waals surface area contributed by atoms with Crippen LogP contribution in [-0.2, 0) is 4.74 Å². The van der Waals surface area contributed by atoms with E-state index in [1.165, 1.54) is 24.3 Å². The summed E-state index contributed by atoms with van der Waals surface area (Å²) >= 11 is 0. The molecule has 2 aromatic rings. The second-order valence-electron chi connectivity index (χ2n) is 4.21. The summed E-state index contributed by atoms with van der Waals surface area (Å²) in [4.78, 5) is 23.4. The van der Waals surface area contributed by atoms with Crippen LogP contribution in [0.3, 0.4) is 0 Å². The number of phenolic OH excluding ortho intramolecular Hbond substituents is 2. The average Bonchev–Trinajstić information content (AvgIpc) is 2.45. The Morgan fingerprint density at radius 1 is 1.05 bits per heavy atom. The lowest BCUT2D eigenvalue weighted by Crippen LogP contribution is -2.14. The van der Waals surface area contributed by atoms with Crippen molar-refractivity contribution in [2.45, 2.75) is 0 Å². The lowest BCUT2D eigenvalue weighted by atomic mass is 10.1. The number of benzene rings is 2. The van der Waals surface area contributed by atoms with Gasteiger partial charge in [0, 0.05) is 11.6 Å². The molecule has 0 aliphatic rings. The molecule has 2 rings (SSSR count). The van der Waals surface area contributed by atoms with E-state index in [-0.39, 0.29) is 16.9 Å². The minimum atomic E-state index is -0.900. The van der Waals surface area contributed by atoms with E-state index >= 15 is 0 Å². The van der Waals surface area contributed by atoms with Crippen molar-refractivity contribution >= 4 is 11.8 Å². The third-order valence-electron chi connectivity index (χ3n) is 2.70. The third kappa shape index (κ3) is 3.56. The second-order valence-corrected chi connectivity index (χ2v) is 4.21. The highest BCUT2D eigenvalue weighted by atomic mass is 19.1. The molecule has 0 aliphatic carbocycles. The Morgan fingerprint density at radius 3 is 2.33 bits per heavy atom. The molecule has 0 aromatic heterocycles. The molecule has 0 saturated heterocycles. The molecule has 6 heteroatoms. The van der Waals surface area contributed by atoms with Gasteiger partial charge in [-0.15, -0.1) is 0 Å². The van der Waals surface area contributed by atoms with Crippen LogP contribution in [0, 0.1) is 5.82 Å². The maximum absolute atomic E-state index is 12.7. The van der Waals surface area contributed by atoms with Crippen molar-refractivity contribution in [2.75, 3.05) is 6.61 Å². The number of hydrogen-bond acceptors (Lipinski definition) is 5. The number of ketones is 1. The molecule has 108 valence electrons. The predicted octanol–water partition coefficient (Wildman–Crippen LogP) is 2.28. The standard InChI is InChI=1S/C15H11FO5/c16-10-3-1-9(2-4-10)14(19)8-21-15(20)12-6-5-11(17)7-13(12)18/h1-7,17-18H,8H2. The number of ether oxygens (including phenoxy) is 1. The fraction of sp³-hybridized carbons (Fsp3) is 0.0667. The zero-order chi connectivity index (χ0) is 15.4. The SMILES string of the molecule is O=C(COC(=O)c1ccc(O)cc1O)c1ccc(F)cc1. The molecule has 0 aliphatic heterocycles. The smallest absolute Gasteiger partial charge is 0.342 e. The Hall–Kier alpha value is -2.89. The van der Waals surface area contributed by atoms with Crippen LogP contribution < -0.4 is 0 Å². The topological polar surface area (TPSA) is 83.8 Å². The van der Waals surface area contributed by atoms with E-state index in [9.17, 15) is 19.1 Å². The van der Waals surface area contributed by atoms with E-state index in [0.29, 0.717) is 0 Å². The molecule has 0 heterocycles. The van der Waals surface area contributed by atoms with E-state index in [4.69, 9.17) is 9.84 Å². The number of halogens is 1. The van der Waals surface area contributed by atoms with E-state index in [1.807, 2.05) is 0 Å². The number of carbonyl (C=O) groups is 2. The fourth-order valence-corrected chi connectivity index (χ4v) is 1.62. The van der Waals surface area contributed by atoms with Crippen molar-refractivity contribution in [1.29, 1.82) is 0 Å². The molecule has 5 nitrogen and oxygen atoms in total. The van der Waals surface area contributed by atoms with Gasteiger partial charge in [-0.2, -0.15) is 0 Å². The first-order valence-electron chi connectivity index (χ1n) is 5.95. The van der Waals surface area contributed by atoms with Crippen LogP contribution in [0.25, 0.3) is 0 Å². The number of carbonyl (C=O) groups excluding carboxylic acids is 2. The molecule has 0 saturated carbocycles. The Balaban J connectivity index is 2.00. The molecule has 0 bridgehead atoms. The highest BCUT2D eigenvalue weighted by Crippen LogP contribution is 2.23. The predicted molar refractivity (Wildman–Crippen MR) is 70.8 cm³/mol. The van der Waals surface area contributed by atoms with Gasteiger partial charge in [-0.05, 0) is 36.4 Å². The molecule has 2 N–H and O–H groups in total. The maximum atomic E-state index is 12.7. The summed E-state index contributed by atoms with van der Waals surface area (Å²) in [5.41, 5.74) is 0.0406. The first kappa shape index (κ1) is 14.5. The molecule has 0 spiro atoms. The van der Waals surface area contributed by atoms with Gasteiger partial charge in [0.15, 0.2) is 12.4 Å². The molecule has 0 fully saturated rings. The Morgan fingerprint density at radius 2 is 1.71 bits per heavy atom. The van der Waals surface area contributed by atoms with Gasteiger partial charge < -0.3 is 14.9 Å². The van der Waals surface area contributed by atoms with Crippen molar-refractivity contribution < 1.29 is 28.9 Å². The van der Waals surface area contributed by atoms with E-state index in [1.54, 1.807) is 0 Å². The zero-order valence-corrected chi connectivity index (χ0v) is 10.7. The summed E-state index contributed by atoms with van der Waals surface area (Å²) in [6.07, 6.45) is 0. The van der Waals surface area contributed by atoms with E-state index in [0.717, 1.165) is 18.2 Å². The molecule has 0 atom stereocenters. The summed E-state index contributed by atoms with van der Waals surface area (Å²) in [6.45, 7) is -0.537. The lowest BCUT2D eigenvalue weighted by Gasteiger charge is -2.06. The number of aromatic hydroxyl groups is 2. The van der Waals surface area contributed by atoms with Crippen LogP contribution in [0.5, 0.6) is 11.5 Å². The Labute approximate surface area is 119 Å². The number of rotatable bonds is 4. The van der Waals surface area contributed by atoms with Crippen molar-refractivity contribution in [3.8, 4) is 11.5 Å². The summed E-state index contributed by atoms with van der Waals surface area (Å²) in [5, 5.41) is 18.6. The molecular weight excluding hydrogens is 279 g/mol. The van der Waals surface area contributed by atoms with Gasteiger partial charge >= 0.3 is 5.97 Å². The van der Waals surface area contributed by atoms with Crippen LogP contribution >= 0.6 is 0 Å². The molecule has 0 radical (unpaired) electrons. The third-order valence-corrected chi connectivity index (χ3v) is 2.70. The number of phenols is 2. The molecule has 0 amide bonds. The van der Waals surface area contributed by atoms with Gasteiger partial charge in [-0.1, -0.05) is 0 Å². The van der Waals surface area contributed by atoms with Crippen LogP contribution in [0.4, 0.5) is 4.39 Å². The normalized spacial score (nSPS) is 10.1. The number of Topliss-reactive ketones (excluding diaryl/α,β-unsaturated/α-hetero) is 1. The van der Waals surface area contributed by atoms with Crippen molar-refractivity contribution in [2.24, 2.45) is 0 Å². The fourth-order valence-electron chi connectivity index (χ4n) is 1.62. The quantitative estimate of drug-likeness (QED) is 0.666. The monoisotopic (exact) mass is 290 g/mol. The summed E-state index contributed by atoms with van der Waals surface area (Å²) in [7, 11) is 0. The summed E-state index contributed by atoms with van der Waals surface area (Å²) in [6, 6.07) is 8.18. The highest BCUT2D eigenvalue weighted by molar-refractivity contribution is 5.99. The minimum absolute atomic E-state index is 0.167. The Kier molecular flexibility index (Phi) is 4.18. The Bertz CT molecular complexity index is 679.